The molecule has 0 aliphatic carbocycles. The molecule has 4 nitrogen and oxygen atoms in total. The van der Waals surface area contributed by atoms with Crippen LogP contribution in [0.3, 0.4) is 0 Å². The summed E-state index contributed by atoms with van der Waals surface area (Å²) in [6, 6.07) is 9.82. The largest absolute Gasteiger partial charge is 0.524 e. The summed E-state index contributed by atoms with van der Waals surface area (Å²) in [5, 5.41) is 1.94. The average molecular weight is 336 g/mol. The highest BCUT2D eigenvalue weighted by Crippen LogP contribution is 2.44. The molecule has 5 heteroatoms. The Bertz CT molecular complexity index is 776. The predicted octanol–water partition coefficient (Wildman–Crippen LogP) is 4.91. The van der Waals surface area contributed by atoms with E-state index >= 15 is 0 Å². The van der Waals surface area contributed by atoms with Crippen LogP contribution in [0.25, 0.3) is 10.8 Å². The number of phosphoric ester groups is 1. The standard InChI is InChI=1S/C18H25O4P/c1-17(2,3)14-8-7-12-11-16(22-23(19,20)21)15(18(4,5)6)10-13(12)9-14/h7-11H,1-6H3,(H2,19,20,21). The first-order chi connectivity index (χ1) is 10.3. The summed E-state index contributed by atoms with van der Waals surface area (Å²) in [6.45, 7) is 12.5. The average Bonchev–Trinajstić information content (AvgIpc) is 2.33. The summed E-state index contributed by atoms with van der Waals surface area (Å²) < 4.78 is 16.2. The van der Waals surface area contributed by atoms with Gasteiger partial charge in [0, 0.05) is 5.56 Å². The third-order valence-electron chi connectivity index (χ3n) is 3.83. The van der Waals surface area contributed by atoms with Gasteiger partial charge in [0.05, 0.1) is 0 Å². The molecule has 2 rings (SSSR count). The van der Waals surface area contributed by atoms with E-state index in [0.717, 1.165) is 16.3 Å². The Balaban J connectivity index is 2.70. The molecule has 0 aliphatic heterocycles. The lowest BCUT2D eigenvalue weighted by atomic mass is 9.83. The van der Waals surface area contributed by atoms with Gasteiger partial charge in [0.15, 0.2) is 0 Å². The van der Waals surface area contributed by atoms with Gasteiger partial charge < -0.3 is 4.52 Å². The van der Waals surface area contributed by atoms with Crippen molar-refractivity contribution in [3.05, 3.63) is 41.5 Å². The van der Waals surface area contributed by atoms with E-state index in [-0.39, 0.29) is 16.6 Å². The van der Waals surface area contributed by atoms with Crippen molar-refractivity contribution in [1.29, 1.82) is 0 Å². The number of phosphoric acid groups is 1. The van der Waals surface area contributed by atoms with Crippen LogP contribution in [0.2, 0.25) is 0 Å². The van der Waals surface area contributed by atoms with Crippen LogP contribution in [-0.4, -0.2) is 9.79 Å². The van der Waals surface area contributed by atoms with Crippen molar-refractivity contribution in [2.24, 2.45) is 0 Å². The highest BCUT2D eigenvalue weighted by molar-refractivity contribution is 7.46. The Morgan fingerprint density at radius 3 is 1.96 bits per heavy atom. The van der Waals surface area contributed by atoms with Crippen LogP contribution in [0.1, 0.15) is 52.7 Å². The van der Waals surface area contributed by atoms with Gasteiger partial charge >= 0.3 is 7.82 Å². The van der Waals surface area contributed by atoms with Crippen molar-refractivity contribution < 1.29 is 18.9 Å². The molecule has 126 valence electrons. The zero-order valence-corrected chi connectivity index (χ0v) is 15.4. The molecule has 0 aliphatic rings. The second-order valence-corrected chi connectivity index (χ2v) is 9.16. The fraction of sp³-hybridized carbons (Fsp3) is 0.444. The molecule has 0 saturated heterocycles. The summed E-state index contributed by atoms with van der Waals surface area (Å²) in [6.07, 6.45) is 0. The van der Waals surface area contributed by atoms with Crippen molar-refractivity contribution in [2.75, 3.05) is 0 Å². The third-order valence-corrected chi connectivity index (χ3v) is 4.26. The second-order valence-electron chi connectivity index (χ2n) is 7.99. The van der Waals surface area contributed by atoms with Gasteiger partial charge in [0.2, 0.25) is 0 Å². The van der Waals surface area contributed by atoms with Crippen LogP contribution in [0.15, 0.2) is 30.3 Å². The van der Waals surface area contributed by atoms with Crippen LogP contribution in [-0.2, 0) is 15.4 Å². The fourth-order valence-corrected chi connectivity index (χ4v) is 2.94. The molecule has 2 aromatic carbocycles. The van der Waals surface area contributed by atoms with E-state index in [1.807, 2.05) is 39.0 Å². The van der Waals surface area contributed by atoms with Crippen molar-refractivity contribution in [3.63, 3.8) is 0 Å². The number of benzene rings is 2. The minimum absolute atomic E-state index is 0.0388. The van der Waals surface area contributed by atoms with Crippen molar-refractivity contribution >= 4 is 18.6 Å². The van der Waals surface area contributed by atoms with E-state index in [1.54, 1.807) is 6.07 Å². The first-order valence-electron chi connectivity index (χ1n) is 7.61. The second kappa shape index (κ2) is 5.62. The smallest absolute Gasteiger partial charge is 0.404 e. The van der Waals surface area contributed by atoms with Gasteiger partial charge in [-0.05, 0) is 39.3 Å². The molecular formula is C18H25O4P. The Labute approximate surface area is 137 Å². The fourth-order valence-electron chi connectivity index (χ4n) is 2.53. The normalized spacial score (nSPS) is 13.4. The van der Waals surface area contributed by atoms with Crippen molar-refractivity contribution in [2.45, 2.75) is 52.4 Å². The SMILES string of the molecule is CC(C)(C)c1ccc2cc(OP(=O)(O)O)c(C(C)(C)C)cc2c1. The number of rotatable bonds is 2. The molecule has 2 aromatic rings. The number of hydrogen-bond acceptors (Lipinski definition) is 2. The molecule has 0 fully saturated rings. The van der Waals surface area contributed by atoms with E-state index in [9.17, 15) is 14.4 Å². The summed E-state index contributed by atoms with van der Waals surface area (Å²) in [4.78, 5) is 18.3. The monoisotopic (exact) mass is 336 g/mol. The van der Waals surface area contributed by atoms with Gasteiger partial charge in [-0.15, -0.1) is 0 Å². The van der Waals surface area contributed by atoms with E-state index in [1.165, 1.54) is 5.56 Å². The summed E-state index contributed by atoms with van der Waals surface area (Å²) >= 11 is 0. The van der Waals surface area contributed by atoms with E-state index < -0.39 is 7.82 Å². The molecular weight excluding hydrogens is 311 g/mol. The molecule has 0 spiro atoms. The lowest BCUT2D eigenvalue weighted by Gasteiger charge is -2.24. The summed E-state index contributed by atoms with van der Waals surface area (Å²) in [5.41, 5.74) is 1.74. The zero-order valence-electron chi connectivity index (χ0n) is 14.5. The lowest BCUT2D eigenvalue weighted by molar-refractivity contribution is 0.281. The molecule has 0 atom stereocenters. The maximum Gasteiger partial charge on any atom is 0.524 e. The topological polar surface area (TPSA) is 66.8 Å². The van der Waals surface area contributed by atoms with Gasteiger partial charge in [-0.25, -0.2) is 4.57 Å². The minimum atomic E-state index is -4.60. The Kier molecular flexibility index (Phi) is 4.40. The first-order valence-corrected chi connectivity index (χ1v) is 9.14. The predicted molar refractivity (Wildman–Crippen MR) is 94.0 cm³/mol. The van der Waals surface area contributed by atoms with Gasteiger partial charge in [-0.3, -0.25) is 9.79 Å². The van der Waals surface area contributed by atoms with Crippen LogP contribution in [0, 0.1) is 0 Å². The molecule has 0 radical (unpaired) electrons. The van der Waals surface area contributed by atoms with E-state index in [2.05, 4.69) is 26.8 Å². The van der Waals surface area contributed by atoms with Crippen LogP contribution in [0.5, 0.6) is 5.75 Å². The van der Waals surface area contributed by atoms with Crippen molar-refractivity contribution in [3.8, 4) is 5.75 Å². The third kappa shape index (κ3) is 4.35. The minimum Gasteiger partial charge on any atom is -0.404 e. The summed E-state index contributed by atoms with van der Waals surface area (Å²) in [5.74, 6) is 0.238. The quantitative estimate of drug-likeness (QED) is 0.765. The van der Waals surface area contributed by atoms with E-state index in [4.69, 9.17) is 4.52 Å². The molecule has 0 aromatic heterocycles. The van der Waals surface area contributed by atoms with Crippen LogP contribution < -0.4 is 4.52 Å². The Morgan fingerprint density at radius 1 is 0.870 bits per heavy atom. The Hall–Kier alpha value is -1.35. The van der Waals surface area contributed by atoms with Crippen LogP contribution >= 0.6 is 7.82 Å². The van der Waals surface area contributed by atoms with Gasteiger partial charge in [0.1, 0.15) is 5.75 Å². The molecule has 0 amide bonds. The number of fused-ring (bicyclic) bond motifs is 1. The van der Waals surface area contributed by atoms with Gasteiger partial charge in [0.25, 0.3) is 0 Å². The highest BCUT2D eigenvalue weighted by Gasteiger charge is 2.25. The maximum absolute atomic E-state index is 11.3. The molecule has 0 saturated carbocycles. The first kappa shape index (κ1) is 18.0. The molecule has 0 heterocycles. The Morgan fingerprint density at radius 2 is 1.48 bits per heavy atom. The maximum atomic E-state index is 11.3. The molecule has 23 heavy (non-hydrogen) atoms. The van der Waals surface area contributed by atoms with Gasteiger partial charge in [-0.2, -0.15) is 0 Å². The zero-order chi connectivity index (χ0) is 17.6. The lowest BCUT2D eigenvalue weighted by Crippen LogP contribution is -2.13. The molecule has 0 unspecified atom stereocenters. The van der Waals surface area contributed by atoms with Crippen molar-refractivity contribution in [1.82, 2.24) is 0 Å². The molecule has 2 N–H and O–H groups in total. The number of hydrogen-bond donors (Lipinski definition) is 2. The van der Waals surface area contributed by atoms with Gasteiger partial charge in [-0.1, -0.05) is 59.7 Å². The summed E-state index contributed by atoms with van der Waals surface area (Å²) in [7, 11) is -4.60. The van der Waals surface area contributed by atoms with Crippen LogP contribution in [0.4, 0.5) is 0 Å². The van der Waals surface area contributed by atoms with E-state index in [0.29, 0.717) is 0 Å². The highest BCUT2D eigenvalue weighted by atomic mass is 31.2. The molecule has 0 bridgehead atoms.